The van der Waals surface area contributed by atoms with Gasteiger partial charge in [0.1, 0.15) is 16.4 Å². The number of fused-ring (bicyclic) bond motifs is 2. The zero-order chi connectivity index (χ0) is 23.0. The molecule has 2 aromatic rings. The molecule has 1 heterocycles. The van der Waals surface area contributed by atoms with Crippen LogP contribution in [0, 0.1) is 36.4 Å². The summed E-state index contributed by atoms with van der Waals surface area (Å²) in [5.41, 5.74) is 1.43. The van der Waals surface area contributed by atoms with E-state index < -0.39 is 35.5 Å². The molecule has 1 N–H and O–H groups in total. The molecule has 4 atom stereocenters. The molecule has 0 saturated heterocycles. The Morgan fingerprint density at radius 1 is 1.16 bits per heavy atom. The summed E-state index contributed by atoms with van der Waals surface area (Å²) < 4.78 is 18.8. The highest BCUT2D eigenvalue weighted by molar-refractivity contribution is 7.17. The van der Waals surface area contributed by atoms with Crippen molar-refractivity contribution in [2.45, 2.75) is 39.5 Å². The zero-order valence-corrected chi connectivity index (χ0v) is 18.8. The number of carbonyl (C=O) groups is 3. The number of aliphatic carboxylic acids is 1. The number of aryl methyl sites for hydroxylation is 1. The molecule has 6 nitrogen and oxygen atoms in total. The minimum Gasteiger partial charge on any atom is -0.550 e. The average molecular weight is 459 g/mol. The number of halogens is 1. The van der Waals surface area contributed by atoms with Crippen LogP contribution in [-0.4, -0.2) is 24.5 Å². The second-order valence-electron chi connectivity index (χ2n) is 8.57. The maximum absolute atomic E-state index is 13.5. The molecule has 0 aliphatic heterocycles. The third kappa shape index (κ3) is 4.03. The fourth-order valence-electron chi connectivity index (χ4n) is 5.26. The second-order valence-corrected chi connectivity index (χ2v) is 9.80. The number of anilines is 1. The SMILES string of the molecule is CCCOC(=O)c1c(NC(=O)[C@@H]2[C@@H]3CC[C@@H](C3)[C@@H]2C(=O)[O-])sc(C)c1-c1ccc(F)cc1. The number of hydrogen-bond acceptors (Lipinski definition) is 6. The number of carboxylic acid groups (broad SMARTS) is 1. The molecule has 0 unspecified atom stereocenters. The van der Waals surface area contributed by atoms with Gasteiger partial charge in [0.2, 0.25) is 5.91 Å². The molecule has 2 aliphatic rings. The summed E-state index contributed by atoms with van der Waals surface area (Å²) in [5, 5.41) is 14.9. The highest BCUT2D eigenvalue weighted by Crippen LogP contribution is 2.52. The maximum Gasteiger partial charge on any atom is 0.341 e. The van der Waals surface area contributed by atoms with Crippen molar-refractivity contribution in [2.24, 2.45) is 23.7 Å². The molecule has 32 heavy (non-hydrogen) atoms. The lowest BCUT2D eigenvalue weighted by Crippen LogP contribution is -2.44. The van der Waals surface area contributed by atoms with Crippen molar-refractivity contribution < 1.29 is 28.6 Å². The first kappa shape index (κ1) is 22.5. The molecule has 1 aromatic carbocycles. The lowest BCUT2D eigenvalue weighted by Gasteiger charge is -2.30. The van der Waals surface area contributed by atoms with Crippen molar-refractivity contribution >= 4 is 34.2 Å². The lowest BCUT2D eigenvalue weighted by atomic mass is 9.78. The van der Waals surface area contributed by atoms with Crippen molar-refractivity contribution in [3.05, 3.63) is 40.5 Å². The Bertz CT molecular complexity index is 1050. The smallest absolute Gasteiger partial charge is 0.341 e. The number of benzene rings is 1. The van der Waals surface area contributed by atoms with Crippen LogP contribution in [0.1, 0.15) is 47.8 Å². The number of ether oxygens (including phenoxy) is 1. The van der Waals surface area contributed by atoms with Crippen LogP contribution in [0.4, 0.5) is 9.39 Å². The molecule has 1 amide bonds. The van der Waals surface area contributed by atoms with Crippen molar-refractivity contribution in [2.75, 3.05) is 11.9 Å². The standard InChI is InChI=1S/C24H26FNO5S/c1-3-10-31-24(30)20-17(13-6-8-16(25)9-7-13)12(2)32-22(20)26-21(27)18-14-4-5-15(11-14)19(18)23(28)29/h6-9,14-15,18-19H,3-5,10-11H2,1-2H3,(H,26,27)(H,28,29)/p-1/t14-,15+,18-,19+/m1/s1. The van der Waals surface area contributed by atoms with Crippen LogP contribution in [0.25, 0.3) is 11.1 Å². The average Bonchev–Trinajstić information content (AvgIpc) is 3.45. The summed E-state index contributed by atoms with van der Waals surface area (Å²) >= 11 is 1.23. The van der Waals surface area contributed by atoms with E-state index in [1.165, 1.54) is 23.5 Å². The Balaban J connectivity index is 1.69. The Labute approximate surface area is 189 Å². The van der Waals surface area contributed by atoms with Gasteiger partial charge in [-0.05, 0) is 62.1 Å². The van der Waals surface area contributed by atoms with Gasteiger partial charge in [0, 0.05) is 28.2 Å². The second kappa shape index (κ2) is 9.02. The number of carbonyl (C=O) groups excluding carboxylic acids is 3. The van der Waals surface area contributed by atoms with Gasteiger partial charge in [-0.2, -0.15) is 0 Å². The molecule has 4 rings (SSSR count). The monoisotopic (exact) mass is 458 g/mol. The van der Waals surface area contributed by atoms with Gasteiger partial charge >= 0.3 is 5.97 Å². The summed E-state index contributed by atoms with van der Waals surface area (Å²) in [6.07, 6.45) is 2.98. The zero-order valence-electron chi connectivity index (χ0n) is 18.0. The fourth-order valence-corrected chi connectivity index (χ4v) is 6.33. The molecular formula is C24H25FNO5S-. The third-order valence-corrected chi connectivity index (χ3v) is 7.61. The van der Waals surface area contributed by atoms with Gasteiger partial charge in [0.15, 0.2) is 0 Å². The van der Waals surface area contributed by atoms with E-state index in [-0.39, 0.29) is 24.0 Å². The van der Waals surface area contributed by atoms with E-state index in [9.17, 15) is 23.9 Å². The number of esters is 1. The van der Waals surface area contributed by atoms with E-state index in [1.807, 2.05) is 13.8 Å². The summed E-state index contributed by atoms with van der Waals surface area (Å²) in [6, 6.07) is 5.78. The molecule has 2 bridgehead atoms. The highest BCUT2D eigenvalue weighted by Gasteiger charge is 2.51. The Hall–Kier alpha value is -2.74. The molecule has 2 saturated carbocycles. The van der Waals surface area contributed by atoms with Crippen molar-refractivity contribution in [3.63, 3.8) is 0 Å². The molecule has 1 aromatic heterocycles. The van der Waals surface area contributed by atoms with Gasteiger partial charge in [0.25, 0.3) is 0 Å². The van der Waals surface area contributed by atoms with Crippen LogP contribution < -0.4 is 10.4 Å². The minimum atomic E-state index is -1.19. The summed E-state index contributed by atoms with van der Waals surface area (Å²) in [5.74, 6) is -4.05. The normalized spacial score (nSPS) is 23.8. The largest absolute Gasteiger partial charge is 0.550 e. The van der Waals surface area contributed by atoms with E-state index in [0.29, 0.717) is 29.0 Å². The Kier molecular flexibility index (Phi) is 6.33. The van der Waals surface area contributed by atoms with Crippen molar-refractivity contribution in [3.8, 4) is 11.1 Å². The van der Waals surface area contributed by atoms with Gasteiger partial charge in [-0.3, -0.25) is 4.79 Å². The molecule has 2 aliphatic carbocycles. The van der Waals surface area contributed by atoms with Gasteiger partial charge in [-0.25, -0.2) is 9.18 Å². The van der Waals surface area contributed by atoms with Crippen LogP contribution in [0.3, 0.4) is 0 Å². The number of thiophene rings is 1. The van der Waals surface area contributed by atoms with Gasteiger partial charge in [-0.15, -0.1) is 11.3 Å². The third-order valence-electron chi connectivity index (χ3n) is 6.59. The van der Waals surface area contributed by atoms with Gasteiger partial charge < -0.3 is 20.0 Å². The first-order valence-corrected chi connectivity index (χ1v) is 11.7. The predicted molar refractivity (Wildman–Crippen MR) is 116 cm³/mol. The van der Waals surface area contributed by atoms with Crippen LogP contribution in [0.5, 0.6) is 0 Å². The van der Waals surface area contributed by atoms with Gasteiger partial charge in [0.05, 0.1) is 6.61 Å². The first-order valence-electron chi connectivity index (χ1n) is 10.9. The summed E-state index contributed by atoms with van der Waals surface area (Å²) in [6.45, 7) is 3.92. The molecule has 0 spiro atoms. The summed E-state index contributed by atoms with van der Waals surface area (Å²) in [4.78, 5) is 38.7. The van der Waals surface area contributed by atoms with Crippen molar-refractivity contribution in [1.82, 2.24) is 0 Å². The molecular weight excluding hydrogens is 433 g/mol. The number of carboxylic acids is 1. The maximum atomic E-state index is 13.5. The Morgan fingerprint density at radius 3 is 2.44 bits per heavy atom. The predicted octanol–water partition coefficient (Wildman–Crippen LogP) is 3.78. The van der Waals surface area contributed by atoms with Crippen LogP contribution in [0.2, 0.25) is 0 Å². The van der Waals surface area contributed by atoms with Gasteiger partial charge in [-0.1, -0.05) is 19.1 Å². The molecule has 0 radical (unpaired) electrons. The highest BCUT2D eigenvalue weighted by atomic mass is 32.1. The van der Waals surface area contributed by atoms with Crippen LogP contribution in [-0.2, 0) is 14.3 Å². The topological polar surface area (TPSA) is 95.5 Å². The lowest BCUT2D eigenvalue weighted by molar-refractivity contribution is -0.314. The van der Waals surface area contributed by atoms with E-state index in [0.717, 1.165) is 17.7 Å². The number of amides is 1. The van der Waals surface area contributed by atoms with E-state index in [1.54, 1.807) is 12.1 Å². The minimum absolute atomic E-state index is 0.0102. The molecule has 8 heteroatoms. The number of nitrogens with one attached hydrogen (secondary N) is 1. The van der Waals surface area contributed by atoms with Crippen molar-refractivity contribution in [1.29, 1.82) is 0 Å². The van der Waals surface area contributed by atoms with E-state index >= 15 is 0 Å². The van der Waals surface area contributed by atoms with Crippen LogP contribution >= 0.6 is 11.3 Å². The quantitative estimate of drug-likeness (QED) is 0.637. The summed E-state index contributed by atoms with van der Waals surface area (Å²) in [7, 11) is 0. The first-order chi connectivity index (χ1) is 15.3. The Morgan fingerprint density at radius 2 is 1.81 bits per heavy atom. The van der Waals surface area contributed by atoms with E-state index in [4.69, 9.17) is 4.74 Å². The molecule has 170 valence electrons. The molecule has 2 fully saturated rings. The number of rotatable bonds is 7. The van der Waals surface area contributed by atoms with Crippen LogP contribution in [0.15, 0.2) is 24.3 Å². The number of hydrogen-bond donors (Lipinski definition) is 1. The fraction of sp³-hybridized carbons (Fsp3) is 0.458. The van der Waals surface area contributed by atoms with E-state index in [2.05, 4.69) is 5.32 Å².